The first-order valence-electron chi connectivity index (χ1n) is 4.62. The molecule has 1 saturated heterocycles. The SMILES string of the molecule is C[n+]1ccc(C2(C)NC(=O)NC2=O)cc1.[I-]. The number of nitrogens with one attached hydrogen (secondary N) is 2. The van der Waals surface area contributed by atoms with Crippen LogP contribution < -0.4 is 39.2 Å². The first kappa shape index (κ1) is 12.9. The molecule has 3 amide bonds. The van der Waals surface area contributed by atoms with Crippen LogP contribution in [-0.4, -0.2) is 11.9 Å². The van der Waals surface area contributed by atoms with Gasteiger partial charge in [0.1, 0.15) is 12.6 Å². The molecule has 1 unspecified atom stereocenters. The van der Waals surface area contributed by atoms with Gasteiger partial charge in [-0.25, -0.2) is 9.36 Å². The molecule has 1 atom stereocenters. The van der Waals surface area contributed by atoms with Crippen molar-refractivity contribution >= 4 is 11.9 Å². The molecule has 1 fully saturated rings. The van der Waals surface area contributed by atoms with Crippen LogP contribution in [0.2, 0.25) is 0 Å². The summed E-state index contributed by atoms with van der Waals surface area (Å²) in [4.78, 5) is 22.7. The molecule has 2 rings (SSSR count). The van der Waals surface area contributed by atoms with Crippen LogP contribution in [0.3, 0.4) is 0 Å². The van der Waals surface area contributed by atoms with Gasteiger partial charge in [-0.15, -0.1) is 0 Å². The molecule has 0 aliphatic carbocycles. The van der Waals surface area contributed by atoms with Gasteiger partial charge >= 0.3 is 6.03 Å². The quantitative estimate of drug-likeness (QED) is 0.319. The summed E-state index contributed by atoms with van der Waals surface area (Å²) in [6.45, 7) is 1.68. The third-order valence-electron chi connectivity index (χ3n) is 2.60. The van der Waals surface area contributed by atoms with Crippen LogP contribution in [0.5, 0.6) is 0 Å². The third kappa shape index (κ3) is 2.01. The van der Waals surface area contributed by atoms with Gasteiger partial charge in [-0.05, 0) is 12.5 Å². The predicted octanol–water partition coefficient (Wildman–Crippen LogP) is -3.43. The lowest BCUT2D eigenvalue weighted by Gasteiger charge is -2.19. The highest BCUT2D eigenvalue weighted by Gasteiger charge is 2.43. The van der Waals surface area contributed by atoms with E-state index in [2.05, 4.69) is 10.6 Å². The topological polar surface area (TPSA) is 62.1 Å². The Morgan fingerprint density at radius 1 is 1.25 bits per heavy atom. The number of carbonyl (C=O) groups is 2. The fourth-order valence-corrected chi connectivity index (χ4v) is 1.58. The van der Waals surface area contributed by atoms with Crippen molar-refractivity contribution in [3.63, 3.8) is 0 Å². The van der Waals surface area contributed by atoms with Gasteiger partial charge in [0.25, 0.3) is 5.91 Å². The minimum Gasteiger partial charge on any atom is -1.00 e. The summed E-state index contributed by atoms with van der Waals surface area (Å²) >= 11 is 0. The molecule has 86 valence electrons. The number of halogens is 1. The van der Waals surface area contributed by atoms with Crippen LogP contribution in [0, 0.1) is 0 Å². The van der Waals surface area contributed by atoms with E-state index in [1.807, 2.05) is 36.1 Å². The number of amides is 3. The highest BCUT2D eigenvalue weighted by Crippen LogP contribution is 2.22. The summed E-state index contributed by atoms with van der Waals surface area (Å²) in [6.07, 6.45) is 3.66. The molecule has 0 radical (unpaired) electrons. The van der Waals surface area contributed by atoms with Gasteiger partial charge in [0.05, 0.1) is 0 Å². The van der Waals surface area contributed by atoms with E-state index in [4.69, 9.17) is 0 Å². The summed E-state index contributed by atoms with van der Waals surface area (Å²) in [5.41, 5.74) is -0.185. The lowest BCUT2D eigenvalue weighted by atomic mass is 9.93. The fourth-order valence-electron chi connectivity index (χ4n) is 1.58. The van der Waals surface area contributed by atoms with Crippen LogP contribution in [0.1, 0.15) is 12.5 Å². The minimum atomic E-state index is -0.953. The van der Waals surface area contributed by atoms with Crippen molar-refractivity contribution in [2.24, 2.45) is 7.05 Å². The Hall–Kier alpha value is -1.18. The highest BCUT2D eigenvalue weighted by molar-refractivity contribution is 6.07. The number of carbonyl (C=O) groups excluding carboxylic acids is 2. The van der Waals surface area contributed by atoms with E-state index < -0.39 is 11.6 Å². The zero-order valence-electron chi connectivity index (χ0n) is 8.95. The molecule has 0 spiro atoms. The number of imide groups is 1. The molecule has 0 saturated carbocycles. The highest BCUT2D eigenvalue weighted by atomic mass is 127. The average Bonchev–Trinajstić information content (AvgIpc) is 2.42. The van der Waals surface area contributed by atoms with Crippen molar-refractivity contribution in [3.05, 3.63) is 30.1 Å². The van der Waals surface area contributed by atoms with Gasteiger partial charge in [0, 0.05) is 12.1 Å². The molecule has 0 aromatic carbocycles. The van der Waals surface area contributed by atoms with Crippen molar-refractivity contribution in [2.45, 2.75) is 12.5 Å². The Kier molecular flexibility index (Phi) is 3.51. The van der Waals surface area contributed by atoms with Gasteiger partial charge < -0.3 is 29.3 Å². The van der Waals surface area contributed by atoms with E-state index >= 15 is 0 Å². The number of aryl methyl sites for hydroxylation is 1. The smallest absolute Gasteiger partial charge is 0.322 e. The molecule has 1 aromatic heterocycles. The molecule has 2 heterocycles. The summed E-state index contributed by atoms with van der Waals surface area (Å²) in [5.74, 6) is -0.318. The maximum absolute atomic E-state index is 11.6. The van der Waals surface area contributed by atoms with Crippen LogP contribution in [0.15, 0.2) is 24.5 Å². The molecule has 1 aliphatic rings. The summed E-state index contributed by atoms with van der Waals surface area (Å²) in [5, 5.41) is 4.83. The van der Waals surface area contributed by atoms with Crippen molar-refractivity contribution in [3.8, 4) is 0 Å². The van der Waals surface area contributed by atoms with Gasteiger partial charge in [0.2, 0.25) is 0 Å². The summed E-state index contributed by atoms with van der Waals surface area (Å²) < 4.78 is 1.86. The van der Waals surface area contributed by atoms with Crippen molar-refractivity contribution in [2.75, 3.05) is 0 Å². The molecule has 5 nitrogen and oxygen atoms in total. The normalized spacial score (nSPS) is 23.4. The van der Waals surface area contributed by atoms with E-state index in [1.54, 1.807) is 6.92 Å². The Morgan fingerprint density at radius 2 is 1.81 bits per heavy atom. The van der Waals surface area contributed by atoms with E-state index in [0.29, 0.717) is 0 Å². The van der Waals surface area contributed by atoms with E-state index in [-0.39, 0.29) is 29.9 Å². The molecular formula is C10H12IN3O2. The van der Waals surface area contributed by atoms with Gasteiger partial charge in [-0.2, -0.15) is 0 Å². The zero-order chi connectivity index (χ0) is 11.1. The van der Waals surface area contributed by atoms with Crippen molar-refractivity contribution in [1.29, 1.82) is 0 Å². The largest absolute Gasteiger partial charge is 1.00 e. The molecule has 0 bridgehead atoms. The summed E-state index contributed by atoms with van der Waals surface area (Å²) in [7, 11) is 1.89. The van der Waals surface area contributed by atoms with Gasteiger partial charge in [-0.1, -0.05) is 0 Å². The van der Waals surface area contributed by atoms with Crippen LogP contribution in [0.25, 0.3) is 0 Å². The fraction of sp³-hybridized carbons (Fsp3) is 0.300. The second-order valence-electron chi connectivity index (χ2n) is 3.79. The minimum absolute atomic E-state index is 0. The Balaban J connectivity index is 0.00000128. The van der Waals surface area contributed by atoms with E-state index in [1.165, 1.54) is 0 Å². The molecule has 2 N–H and O–H groups in total. The number of pyridine rings is 1. The second kappa shape index (κ2) is 4.36. The van der Waals surface area contributed by atoms with E-state index in [9.17, 15) is 9.59 Å². The lowest BCUT2D eigenvalue weighted by molar-refractivity contribution is -0.671. The first-order valence-corrected chi connectivity index (χ1v) is 4.62. The van der Waals surface area contributed by atoms with Crippen LogP contribution >= 0.6 is 0 Å². The van der Waals surface area contributed by atoms with Crippen LogP contribution in [-0.2, 0) is 17.4 Å². The van der Waals surface area contributed by atoms with Crippen LogP contribution in [0.4, 0.5) is 4.79 Å². The molecule has 6 heteroatoms. The number of urea groups is 1. The zero-order valence-corrected chi connectivity index (χ0v) is 11.1. The first-order chi connectivity index (χ1) is 7.02. The molecule has 16 heavy (non-hydrogen) atoms. The molecular weight excluding hydrogens is 321 g/mol. The Labute approximate surface area is 110 Å². The number of hydrogen-bond acceptors (Lipinski definition) is 2. The second-order valence-corrected chi connectivity index (χ2v) is 3.79. The number of hydrogen-bond donors (Lipinski definition) is 2. The van der Waals surface area contributed by atoms with Gasteiger partial charge in [-0.3, -0.25) is 10.1 Å². The number of nitrogens with zero attached hydrogens (tertiary/aromatic N) is 1. The average molecular weight is 333 g/mol. The van der Waals surface area contributed by atoms with Crippen molar-refractivity contribution in [1.82, 2.24) is 10.6 Å². The molecule has 1 aromatic rings. The van der Waals surface area contributed by atoms with Crippen molar-refractivity contribution < 1.29 is 38.1 Å². The number of aromatic nitrogens is 1. The lowest BCUT2D eigenvalue weighted by Crippen LogP contribution is -3.00. The van der Waals surface area contributed by atoms with Gasteiger partial charge in [0.15, 0.2) is 12.4 Å². The standard InChI is InChI=1S/C10H11N3O2.HI/c1-10(8(14)11-9(15)12-10)7-3-5-13(2)6-4-7;/h3-6H,1-2H3,(H-,11,12,14,15);1H. The Morgan fingerprint density at radius 3 is 2.25 bits per heavy atom. The Bertz CT molecular complexity index is 432. The maximum atomic E-state index is 11.6. The monoisotopic (exact) mass is 333 g/mol. The number of rotatable bonds is 1. The summed E-state index contributed by atoms with van der Waals surface area (Å²) in [6, 6.07) is 3.17. The van der Waals surface area contributed by atoms with E-state index in [0.717, 1.165) is 5.56 Å². The third-order valence-corrected chi connectivity index (χ3v) is 2.60. The predicted molar refractivity (Wildman–Crippen MR) is 51.6 cm³/mol. The maximum Gasteiger partial charge on any atom is 0.322 e. The molecule has 1 aliphatic heterocycles.